The number of anilines is 1. The van der Waals surface area contributed by atoms with Gasteiger partial charge in [0.1, 0.15) is 12.5 Å². The molecule has 0 spiro atoms. The number of hydrogen-bond donors (Lipinski definition) is 1. The molecule has 0 aromatic carbocycles. The van der Waals surface area contributed by atoms with Gasteiger partial charge in [-0.2, -0.15) is 0 Å². The molecule has 0 fully saturated rings. The Balaban J connectivity index is 1.72. The van der Waals surface area contributed by atoms with Gasteiger partial charge >= 0.3 is 0 Å². The molecule has 0 aliphatic heterocycles. The first-order valence-electron chi connectivity index (χ1n) is 6.04. The van der Waals surface area contributed by atoms with Crippen molar-refractivity contribution >= 4 is 5.82 Å². The molecule has 0 bridgehead atoms. The van der Waals surface area contributed by atoms with Gasteiger partial charge < -0.3 is 10.1 Å². The molecular weight excluding hydrogens is 226 g/mol. The van der Waals surface area contributed by atoms with E-state index < -0.39 is 0 Å². The van der Waals surface area contributed by atoms with Crippen LogP contribution in [0, 0.1) is 0 Å². The standard InChI is InChI=1S/C14H17N3O/c1-2-12-3-4-14(16-9-12)17-11-18-10-13-5-7-15-8-6-13/h3-9H,2,10-11H2,1H3,(H,16,17). The summed E-state index contributed by atoms with van der Waals surface area (Å²) in [5.74, 6) is 0.835. The van der Waals surface area contributed by atoms with Gasteiger partial charge in [-0.25, -0.2) is 4.98 Å². The van der Waals surface area contributed by atoms with Crippen molar-refractivity contribution in [2.24, 2.45) is 0 Å². The van der Waals surface area contributed by atoms with Gasteiger partial charge in [-0.1, -0.05) is 13.0 Å². The molecule has 0 saturated carbocycles. The van der Waals surface area contributed by atoms with Crippen LogP contribution < -0.4 is 5.32 Å². The molecule has 0 aliphatic rings. The van der Waals surface area contributed by atoms with Crippen LogP contribution >= 0.6 is 0 Å². The number of pyridine rings is 2. The van der Waals surface area contributed by atoms with Crippen molar-refractivity contribution < 1.29 is 4.74 Å². The lowest BCUT2D eigenvalue weighted by molar-refractivity contribution is 0.138. The lowest BCUT2D eigenvalue weighted by atomic mass is 10.2. The van der Waals surface area contributed by atoms with Gasteiger partial charge in [-0.15, -0.1) is 0 Å². The van der Waals surface area contributed by atoms with Crippen LogP contribution in [0.25, 0.3) is 0 Å². The van der Waals surface area contributed by atoms with Gasteiger partial charge in [0.25, 0.3) is 0 Å². The molecule has 18 heavy (non-hydrogen) atoms. The number of nitrogens with zero attached hydrogens (tertiary/aromatic N) is 2. The van der Waals surface area contributed by atoms with E-state index in [1.54, 1.807) is 12.4 Å². The minimum Gasteiger partial charge on any atom is -0.357 e. The van der Waals surface area contributed by atoms with E-state index >= 15 is 0 Å². The maximum Gasteiger partial charge on any atom is 0.127 e. The van der Waals surface area contributed by atoms with Gasteiger partial charge in [-0.3, -0.25) is 4.98 Å². The topological polar surface area (TPSA) is 47.0 Å². The highest BCUT2D eigenvalue weighted by Gasteiger charge is 1.95. The second-order valence-corrected chi connectivity index (χ2v) is 3.93. The number of nitrogens with one attached hydrogen (secondary N) is 1. The van der Waals surface area contributed by atoms with Gasteiger partial charge in [-0.05, 0) is 35.7 Å². The molecule has 94 valence electrons. The fraction of sp³-hybridized carbons (Fsp3) is 0.286. The molecule has 4 nitrogen and oxygen atoms in total. The van der Waals surface area contributed by atoms with E-state index in [0.717, 1.165) is 17.8 Å². The van der Waals surface area contributed by atoms with E-state index in [2.05, 4.69) is 28.3 Å². The lowest BCUT2D eigenvalue weighted by Gasteiger charge is -2.07. The zero-order valence-electron chi connectivity index (χ0n) is 10.5. The maximum atomic E-state index is 5.50. The molecule has 0 unspecified atom stereocenters. The third-order valence-corrected chi connectivity index (χ3v) is 2.61. The summed E-state index contributed by atoms with van der Waals surface area (Å²) in [6.45, 7) is 3.13. The zero-order chi connectivity index (χ0) is 12.6. The molecule has 0 atom stereocenters. The fourth-order valence-corrected chi connectivity index (χ4v) is 1.51. The first kappa shape index (κ1) is 12.5. The largest absolute Gasteiger partial charge is 0.357 e. The second-order valence-electron chi connectivity index (χ2n) is 3.93. The van der Waals surface area contributed by atoms with E-state index in [0.29, 0.717) is 13.3 Å². The molecule has 2 aromatic heterocycles. The van der Waals surface area contributed by atoms with Crippen molar-refractivity contribution in [1.29, 1.82) is 0 Å². The normalized spacial score (nSPS) is 10.3. The second kappa shape index (κ2) is 6.71. The van der Waals surface area contributed by atoms with Crippen LogP contribution in [-0.2, 0) is 17.8 Å². The molecule has 4 heteroatoms. The van der Waals surface area contributed by atoms with Crippen LogP contribution in [-0.4, -0.2) is 16.7 Å². The molecule has 2 heterocycles. The summed E-state index contributed by atoms with van der Waals surface area (Å²) >= 11 is 0. The summed E-state index contributed by atoms with van der Waals surface area (Å²) < 4.78 is 5.50. The van der Waals surface area contributed by atoms with Crippen molar-refractivity contribution in [1.82, 2.24) is 9.97 Å². The molecule has 2 rings (SSSR count). The highest BCUT2D eigenvalue weighted by Crippen LogP contribution is 2.05. The highest BCUT2D eigenvalue weighted by atomic mass is 16.5. The van der Waals surface area contributed by atoms with E-state index in [-0.39, 0.29) is 0 Å². The smallest absolute Gasteiger partial charge is 0.127 e. The number of rotatable bonds is 6. The van der Waals surface area contributed by atoms with Crippen LogP contribution in [0.15, 0.2) is 42.9 Å². The molecule has 0 saturated heterocycles. The van der Waals surface area contributed by atoms with Crippen molar-refractivity contribution in [2.45, 2.75) is 20.0 Å². The Hall–Kier alpha value is -1.94. The van der Waals surface area contributed by atoms with Crippen molar-refractivity contribution in [2.75, 3.05) is 12.0 Å². The Bertz CT molecular complexity index is 456. The van der Waals surface area contributed by atoms with Crippen LogP contribution in [0.2, 0.25) is 0 Å². The highest BCUT2D eigenvalue weighted by molar-refractivity contribution is 5.34. The SMILES string of the molecule is CCc1ccc(NCOCc2ccncc2)nc1. The summed E-state index contributed by atoms with van der Waals surface area (Å²) in [6, 6.07) is 7.91. The monoisotopic (exact) mass is 243 g/mol. The van der Waals surface area contributed by atoms with E-state index in [1.165, 1.54) is 5.56 Å². The fourth-order valence-electron chi connectivity index (χ4n) is 1.51. The van der Waals surface area contributed by atoms with Crippen LogP contribution in [0.1, 0.15) is 18.1 Å². The van der Waals surface area contributed by atoms with Crippen molar-refractivity contribution in [3.05, 3.63) is 54.0 Å². The van der Waals surface area contributed by atoms with E-state index in [9.17, 15) is 0 Å². The number of aromatic nitrogens is 2. The van der Waals surface area contributed by atoms with Crippen LogP contribution in [0.3, 0.4) is 0 Å². The zero-order valence-corrected chi connectivity index (χ0v) is 10.5. The summed E-state index contributed by atoms with van der Waals surface area (Å²) in [5, 5.41) is 3.12. The average Bonchev–Trinajstić information content (AvgIpc) is 2.45. The Morgan fingerprint density at radius 3 is 2.61 bits per heavy atom. The van der Waals surface area contributed by atoms with Gasteiger partial charge in [0.15, 0.2) is 0 Å². The molecular formula is C14H17N3O. The summed E-state index contributed by atoms with van der Waals surface area (Å²) in [6.07, 6.45) is 6.41. The predicted molar refractivity (Wildman–Crippen MR) is 71.1 cm³/mol. The van der Waals surface area contributed by atoms with E-state index in [1.807, 2.05) is 24.4 Å². The first-order chi connectivity index (χ1) is 8.88. The number of ether oxygens (including phenoxy) is 1. The van der Waals surface area contributed by atoms with Gasteiger partial charge in [0.2, 0.25) is 0 Å². The van der Waals surface area contributed by atoms with Gasteiger partial charge in [0, 0.05) is 18.6 Å². The minimum atomic E-state index is 0.445. The lowest BCUT2D eigenvalue weighted by Crippen LogP contribution is -2.07. The molecule has 2 aromatic rings. The van der Waals surface area contributed by atoms with Crippen LogP contribution in [0.4, 0.5) is 5.82 Å². The van der Waals surface area contributed by atoms with E-state index in [4.69, 9.17) is 4.74 Å². The predicted octanol–water partition coefficient (Wildman–Crippen LogP) is 2.63. The Labute approximate surface area is 107 Å². The third-order valence-electron chi connectivity index (χ3n) is 2.61. The quantitative estimate of drug-likeness (QED) is 0.626. The van der Waals surface area contributed by atoms with Crippen molar-refractivity contribution in [3.8, 4) is 0 Å². The third kappa shape index (κ3) is 3.82. The molecule has 0 radical (unpaired) electrons. The Kier molecular flexibility index (Phi) is 4.67. The Morgan fingerprint density at radius 1 is 1.11 bits per heavy atom. The molecule has 1 N–H and O–H groups in total. The first-order valence-corrected chi connectivity index (χ1v) is 6.04. The minimum absolute atomic E-state index is 0.445. The van der Waals surface area contributed by atoms with Gasteiger partial charge in [0.05, 0.1) is 6.61 Å². The number of hydrogen-bond acceptors (Lipinski definition) is 4. The number of aryl methyl sites for hydroxylation is 1. The van der Waals surface area contributed by atoms with Crippen LogP contribution in [0.5, 0.6) is 0 Å². The summed E-state index contributed by atoms with van der Waals surface area (Å²) in [7, 11) is 0. The maximum absolute atomic E-state index is 5.50. The average molecular weight is 243 g/mol. The Morgan fingerprint density at radius 2 is 1.94 bits per heavy atom. The molecule has 0 amide bonds. The van der Waals surface area contributed by atoms with Crippen molar-refractivity contribution in [3.63, 3.8) is 0 Å². The summed E-state index contributed by atoms with van der Waals surface area (Å²) in [4.78, 5) is 8.25. The summed E-state index contributed by atoms with van der Waals surface area (Å²) in [5.41, 5.74) is 2.35. The molecule has 0 aliphatic carbocycles.